The van der Waals surface area contributed by atoms with Crippen LogP contribution in [0.1, 0.15) is 22.6 Å². The third-order valence-electron chi connectivity index (χ3n) is 2.99. The SMILES string of the molecule is Cc1noc(C)c1CNS(=O)(=O)Cc1ccc(Cl)c(Cl)c1. The Labute approximate surface area is 133 Å². The van der Waals surface area contributed by atoms with Gasteiger partial charge in [0.15, 0.2) is 0 Å². The van der Waals surface area contributed by atoms with E-state index in [4.69, 9.17) is 27.7 Å². The molecule has 8 heteroatoms. The van der Waals surface area contributed by atoms with Crippen molar-refractivity contribution in [2.75, 3.05) is 0 Å². The van der Waals surface area contributed by atoms with Crippen LogP contribution in [0, 0.1) is 13.8 Å². The smallest absolute Gasteiger partial charge is 0.216 e. The fraction of sp³-hybridized carbons (Fsp3) is 0.308. The zero-order valence-corrected chi connectivity index (χ0v) is 13.8. The van der Waals surface area contributed by atoms with E-state index in [1.807, 2.05) is 0 Å². The molecule has 0 fully saturated rings. The van der Waals surface area contributed by atoms with E-state index in [1.165, 1.54) is 0 Å². The van der Waals surface area contributed by atoms with Gasteiger partial charge in [-0.25, -0.2) is 13.1 Å². The maximum atomic E-state index is 12.1. The van der Waals surface area contributed by atoms with Gasteiger partial charge in [-0.1, -0.05) is 34.4 Å². The third kappa shape index (κ3) is 4.20. The Morgan fingerprint density at radius 2 is 1.95 bits per heavy atom. The zero-order valence-electron chi connectivity index (χ0n) is 11.5. The van der Waals surface area contributed by atoms with E-state index in [1.54, 1.807) is 32.0 Å². The molecule has 0 saturated heterocycles. The minimum absolute atomic E-state index is 0.144. The van der Waals surface area contributed by atoms with Crippen molar-refractivity contribution in [1.82, 2.24) is 9.88 Å². The fourth-order valence-corrected chi connectivity index (χ4v) is 3.24. The lowest BCUT2D eigenvalue weighted by atomic mass is 10.2. The summed E-state index contributed by atoms with van der Waals surface area (Å²) in [7, 11) is -3.50. The average Bonchev–Trinajstić information content (AvgIpc) is 2.71. The molecule has 0 atom stereocenters. The first kappa shape index (κ1) is 16.3. The summed E-state index contributed by atoms with van der Waals surface area (Å²) < 4.78 is 31.7. The summed E-state index contributed by atoms with van der Waals surface area (Å²) in [5, 5.41) is 4.50. The molecule has 0 aliphatic rings. The third-order valence-corrected chi connectivity index (χ3v) is 5.03. The molecule has 21 heavy (non-hydrogen) atoms. The molecule has 0 amide bonds. The minimum atomic E-state index is -3.50. The number of hydrogen-bond donors (Lipinski definition) is 1. The molecule has 2 aromatic rings. The van der Waals surface area contributed by atoms with Gasteiger partial charge in [0.25, 0.3) is 0 Å². The summed E-state index contributed by atoms with van der Waals surface area (Å²) in [6.07, 6.45) is 0. The molecule has 5 nitrogen and oxygen atoms in total. The molecule has 1 N–H and O–H groups in total. The van der Waals surface area contributed by atoms with Gasteiger partial charge in [0.1, 0.15) is 5.76 Å². The van der Waals surface area contributed by atoms with Crippen molar-refractivity contribution in [1.29, 1.82) is 0 Å². The molecule has 0 aliphatic heterocycles. The second-order valence-corrected chi connectivity index (χ2v) is 7.25. The summed E-state index contributed by atoms with van der Waals surface area (Å²) in [5.41, 5.74) is 1.98. The predicted molar refractivity (Wildman–Crippen MR) is 81.9 cm³/mol. The Balaban J connectivity index is 2.07. The number of nitrogens with zero attached hydrogens (tertiary/aromatic N) is 1. The van der Waals surface area contributed by atoms with E-state index in [0.29, 0.717) is 27.1 Å². The van der Waals surface area contributed by atoms with E-state index in [0.717, 1.165) is 5.56 Å². The Bertz CT molecular complexity index is 737. The Kier molecular flexibility index (Phi) is 4.93. The van der Waals surface area contributed by atoms with Crippen LogP contribution in [0.5, 0.6) is 0 Å². The fourth-order valence-electron chi connectivity index (χ4n) is 1.84. The zero-order chi connectivity index (χ0) is 15.6. The molecule has 0 radical (unpaired) electrons. The number of benzene rings is 1. The number of aryl methyl sites for hydroxylation is 2. The number of halogens is 2. The van der Waals surface area contributed by atoms with Gasteiger partial charge >= 0.3 is 0 Å². The number of sulfonamides is 1. The van der Waals surface area contributed by atoms with E-state index >= 15 is 0 Å². The summed E-state index contributed by atoms with van der Waals surface area (Å²) in [4.78, 5) is 0. The molecular weight excluding hydrogens is 335 g/mol. The molecule has 1 aromatic carbocycles. The average molecular weight is 349 g/mol. The number of aromatic nitrogens is 1. The molecule has 2 rings (SSSR count). The molecule has 0 saturated carbocycles. The van der Waals surface area contributed by atoms with E-state index in [9.17, 15) is 8.42 Å². The van der Waals surface area contributed by atoms with Crippen LogP contribution >= 0.6 is 23.2 Å². The van der Waals surface area contributed by atoms with Crippen molar-refractivity contribution in [2.45, 2.75) is 26.1 Å². The van der Waals surface area contributed by atoms with E-state index < -0.39 is 10.0 Å². The first-order valence-corrected chi connectivity index (χ1v) is 8.52. The normalized spacial score (nSPS) is 11.8. The highest BCUT2D eigenvalue weighted by Gasteiger charge is 2.15. The second-order valence-electron chi connectivity index (χ2n) is 4.63. The second kappa shape index (κ2) is 6.36. The molecule has 0 unspecified atom stereocenters. The monoisotopic (exact) mass is 348 g/mol. The van der Waals surface area contributed by atoms with E-state index in [2.05, 4.69) is 9.88 Å². The van der Waals surface area contributed by atoms with Crippen molar-refractivity contribution < 1.29 is 12.9 Å². The quantitative estimate of drug-likeness (QED) is 0.900. The maximum Gasteiger partial charge on any atom is 0.216 e. The van der Waals surface area contributed by atoms with E-state index in [-0.39, 0.29) is 12.3 Å². The summed E-state index contributed by atoms with van der Waals surface area (Å²) in [5.74, 6) is 0.428. The molecule has 114 valence electrons. The molecule has 0 spiro atoms. The van der Waals surface area contributed by atoms with Gasteiger partial charge in [0, 0.05) is 12.1 Å². The Morgan fingerprint density at radius 1 is 1.24 bits per heavy atom. The molecule has 0 aliphatic carbocycles. The Morgan fingerprint density at radius 3 is 2.52 bits per heavy atom. The largest absolute Gasteiger partial charge is 0.361 e. The predicted octanol–water partition coefficient (Wildman–Crippen LogP) is 3.22. The molecule has 1 heterocycles. The highest BCUT2D eigenvalue weighted by molar-refractivity contribution is 7.88. The Hall–Kier alpha value is -1.08. The minimum Gasteiger partial charge on any atom is -0.361 e. The van der Waals surface area contributed by atoms with Crippen LogP contribution in [0.3, 0.4) is 0 Å². The first-order valence-electron chi connectivity index (χ1n) is 6.11. The number of rotatable bonds is 5. The van der Waals surface area contributed by atoms with Crippen molar-refractivity contribution in [3.8, 4) is 0 Å². The lowest BCUT2D eigenvalue weighted by Gasteiger charge is -2.07. The first-order chi connectivity index (χ1) is 9.78. The highest BCUT2D eigenvalue weighted by Crippen LogP contribution is 2.23. The van der Waals surface area contributed by atoms with Crippen molar-refractivity contribution in [3.05, 3.63) is 50.8 Å². The summed E-state index contributed by atoms with van der Waals surface area (Å²) in [6, 6.07) is 4.74. The number of nitrogens with one attached hydrogen (secondary N) is 1. The van der Waals surface area contributed by atoms with Gasteiger partial charge in [-0.2, -0.15) is 0 Å². The molecular formula is C13H14Cl2N2O3S. The van der Waals surface area contributed by atoms with Gasteiger partial charge < -0.3 is 4.52 Å². The topological polar surface area (TPSA) is 72.2 Å². The van der Waals surface area contributed by atoms with Crippen LogP contribution in [0.15, 0.2) is 22.7 Å². The highest BCUT2D eigenvalue weighted by atomic mass is 35.5. The van der Waals surface area contributed by atoms with Crippen LogP contribution in [0.25, 0.3) is 0 Å². The standard InChI is InChI=1S/C13H14Cl2N2O3S/c1-8-11(9(2)20-17-8)6-16-21(18,19)7-10-3-4-12(14)13(15)5-10/h3-5,16H,6-7H2,1-2H3. The maximum absolute atomic E-state index is 12.1. The van der Waals surface area contributed by atoms with Crippen LogP contribution in [-0.2, 0) is 22.3 Å². The van der Waals surface area contributed by atoms with Crippen molar-refractivity contribution in [3.63, 3.8) is 0 Å². The van der Waals surface area contributed by atoms with Crippen LogP contribution in [-0.4, -0.2) is 13.6 Å². The van der Waals surface area contributed by atoms with Gasteiger partial charge in [-0.05, 0) is 31.5 Å². The van der Waals surface area contributed by atoms with Crippen molar-refractivity contribution >= 4 is 33.2 Å². The number of hydrogen-bond acceptors (Lipinski definition) is 4. The lowest BCUT2D eigenvalue weighted by molar-refractivity contribution is 0.392. The molecule has 1 aromatic heterocycles. The van der Waals surface area contributed by atoms with Crippen LogP contribution < -0.4 is 4.72 Å². The van der Waals surface area contributed by atoms with Crippen molar-refractivity contribution in [2.24, 2.45) is 0 Å². The van der Waals surface area contributed by atoms with Gasteiger partial charge in [-0.15, -0.1) is 0 Å². The van der Waals surface area contributed by atoms with Crippen LogP contribution in [0.2, 0.25) is 10.0 Å². The van der Waals surface area contributed by atoms with Gasteiger partial charge in [0.2, 0.25) is 10.0 Å². The molecule has 0 bridgehead atoms. The van der Waals surface area contributed by atoms with Gasteiger partial charge in [0.05, 0.1) is 21.5 Å². The summed E-state index contributed by atoms with van der Waals surface area (Å²) in [6.45, 7) is 3.65. The summed E-state index contributed by atoms with van der Waals surface area (Å²) >= 11 is 11.7. The van der Waals surface area contributed by atoms with Crippen LogP contribution in [0.4, 0.5) is 0 Å². The lowest BCUT2D eigenvalue weighted by Crippen LogP contribution is -2.25. The van der Waals surface area contributed by atoms with Gasteiger partial charge in [-0.3, -0.25) is 0 Å².